The molecule has 0 unspecified atom stereocenters. The van der Waals surface area contributed by atoms with E-state index < -0.39 is 0 Å². The average Bonchev–Trinajstić information content (AvgIpc) is 3.32. The molecule has 134 valence electrons. The lowest BCUT2D eigenvalue weighted by atomic mass is 10.2. The van der Waals surface area contributed by atoms with Gasteiger partial charge in [0.2, 0.25) is 0 Å². The zero-order valence-electron chi connectivity index (χ0n) is 14.1. The highest BCUT2D eigenvalue weighted by Gasteiger charge is 2.15. The molecule has 0 saturated carbocycles. The van der Waals surface area contributed by atoms with Crippen molar-refractivity contribution in [2.75, 3.05) is 5.32 Å². The standard InChI is InChI=1S/C18H13FN6OS/c1-11-15(27-17(22-11)24-18(26)25-9-8-20-10-25)14-6-7-21-16(23-14)12-4-2-3-5-13(12)19/h2-10H,1H3,(H,22,24,26). The third-order valence-electron chi connectivity index (χ3n) is 3.75. The van der Waals surface area contributed by atoms with Gasteiger partial charge in [0.15, 0.2) is 11.0 Å². The lowest BCUT2D eigenvalue weighted by molar-refractivity contribution is 0.253. The molecule has 0 fully saturated rings. The molecule has 1 aromatic carbocycles. The van der Waals surface area contributed by atoms with Crippen molar-refractivity contribution in [2.45, 2.75) is 6.92 Å². The van der Waals surface area contributed by atoms with E-state index in [0.29, 0.717) is 27.9 Å². The summed E-state index contributed by atoms with van der Waals surface area (Å²) in [5, 5.41) is 3.16. The average molecular weight is 380 g/mol. The maximum absolute atomic E-state index is 14.0. The molecule has 0 radical (unpaired) electrons. The molecule has 0 atom stereocenters. The van der Waals surface area contributed by atoms with Crippen LogP contribution in [0.25, 0.3) is 22.0 Å². The Kier molecular flexibility index (Phi) is 4.43. The number of aromatic nitrogens is 5. The number of amides is 1. The summed E-state index contributed by atoms with van der Waals surface area (Å²) in [5.41, 5.74) is 1.65. The van der Waals surface area contributed by atoms with Crippen LogP contribution < -0.4 is 5.32 Å². The molecule has 0 bridgehead atoms. The fourth-order valence-corrected chi connectivity index (χ4v) is 3.41. The zero-order chi connectivity index (χ0) is 18.8. The molecular weight excluding hydrogens is 367 g/mol. The minimum Gasteiger partial charge on any atom is -0.283 e. The number of nitrogens with one attached hydrogen (secondary N) is 1. The van der Waals surface area contributed by atoms with Gasteiger partial charge in [0.05, 0.1) is 21.8 Å². The lowest BCUT2D eigenvalue weighted by Gasteiger charge is -2.04. The number of imidazole rings is 1. The Labute approximate surface area is 157 Å². The Morgan fingerprint density at radius 1 is 1.19 bits per heavy atom. The van der Waals surface area contributed by atoms with E-state index in [4.69, 9.17) is 0 Å². The summed E-state index contributed by atoms with van der Waals surface area (Å²) in [7, 11) is 0. The van der Waals surface area contributed by atoms with Crippen molar-refractivity contribution in [3.8, 4) is 22.0 Å². The third-order valence-corrected chi connectivity index (χ3v) is 4.85. The monoisotopic (exact) mass is 380 g/mol. The maximum atomic E-state index is 14.0. The molecule has 0 aliphatic heterocycles. The van der Waals surface area contributed by atoms with Gasteiger partial charge in [-0.05, 0) is 25.1 Å². The summed E-state index contributed by atoms with van der Waals surface area (Å²) in [6, 6.07) is 7.72. The van der Waals surface area contributed by atoms with Crippen LogP contribution in [0.5, 0.6) is 0 Å². The second-order valence-corrected chi connectivity index (χ2v) is 6.58. The van der Waals surface area contributed by atoms with Crippen molar-refractivity contribution in [1.29, 1.82) is 0 Å². The number of thiazole rings is 1. The molecule has 1 amide bonds. The van der Waals surface area contributed by atoms with E-state index >= 15 is 0 Å². The van der Waals surface area contributed by atoms with Gasteiger partial charge in [-0.15, -0.1) is 0 Å². The predicted molar refractivity (Wildman–Crippen MR) is 99.9 cm³/mol. The Morgan fingerprint density at radius 3 is 2.81 bits per heavy atom. The van der Waals surface area contributed by atoms with Gasteiger partial charge in [0, 0.05) is 18.6 Å². The molecule has 3 heterocycles. The van der Waals surface area contributed by atoms with E-state index in [0.717, 1.165) is 4.88 Å². The van der Waals surface area contributed by atoms with Crippen molar-refractivity contribution in [2.24, 2.45) is 0 Å². The van der Waals surface area contributed by atoms with Crippen LogP contribution in [-0.4, -0.2) is 30.5 Å². The van der Waals surface area contributed by atoms with Gasteiger partial charge in [0.1, 0.15) is 12.1 Å². The van der Waals surface area contributed by atoms with Crippen LogP contribution in [0.3, 0.4) is 0 Å². The van der Waals surface area contributed by atoms with Crippen LogP contribution in [-0.2, 0) is 0 Å². The van der Waals surface area contributed by atoms with Crippen molar-refractivity contribution in [1.82, 2.24) is 24.5 Å². The molecular formula is C18H13FN6OS. The van der Waals surface area contributed by atoms with Crippen LogP contribution in [0, 0.1) is 12.7 Å². The molecule has 3 aromatic heterocycles. The first-order valence-corrected chi connectivity index (χ1v) is 8.78. The van der Waals surface area contributed by atoms with E-state index in [1.165, 1.54) is 34.5 Å². The summed E-state index contributed by atoms with van der Waals surface area (Å²) in [5.74, 6) is -0.0913. The molecule has 4 aromatic rings. The summed E-state index contributed by atoms with van der Waals surface area (Å²) in [6.45, 7) is 1.82. The predicted octanol–water partition coefficient (Wildman–Crippen LogP) is 3.99. The summed E-state index contributed by atoms with van der Waals surface area (Å²) >= 11 is 1.29. The van der Waals surface area contributed by atoms with Crippen molar-refractivity contribution in [3.05, 3.63) is 66.8 Å². The molecule has 9 heteroatoms. The van der Waals surface area contributed by atoms with Crippen LogP contribution >= 0.6 is 11.3 Å². The van der Waals surface area contributed by atoms with E-state index in [2.05, 4.69) is 25.3 Å². The molecule has 4 rings (SSSR count). The van der Waals surface area contributed by atoms with Crippen LogP contribution in [0.2, 0.25) is 0 Å². The molecule has 27 heavy (non-hydrogen) atoms. The van der Waals surface area contributed by atoms with Gasteiger partial charge in [-0.3, -0.25) is 9.88 Å². The number of halogens is 1. The minimum atomic E-state index is -0.385. The fraction of sp³-hybridized carbons (Fsp3) is 0.0556. The first-order chi connectivity index (χ1) is 13.1. The van der Waals surface area contributed by atoms with E-state index in [1.54, 1.807) is 36.7 Å². The highest BCUT2D eigenvalue weighted by molar-refractivity contribution is 7.19. The Morgan fingerprint density at radius 2 is 2.04 bits per heavy atom. The maximum Gasteiger partial charge on any atom is 0.333 e. The van der Waals surface area contributed by atoms with Gasteiger partial charge >= 0.3 is 6.03 Å². The highest BCUT2D eigenvalue weighted by atomic mass is 32.1. The SMILES string of the molecule is Cc1nc(NC(=O)n2ccnc2)sc1-c1ccnc(-c2ccccc2F)n1. The molecule has 7 nitrogen and oxygen atoms in total. The Bertz CT molecular complexity index is 1110. The molecule has 1 N–H and O–H groups in total. The van der Waals surface area contributed by atoms with Crippen LogP contribution in [0.15, 0.2) is 55.2 Å². The fourth-order valence-electron chi connectivity index (χ4n) is 2.48. The topological polar surface area (TPSA) is 85.6 Å². The number of nitrogens with zero attached hydrogens (tertiary/aromatic N) is 5. The van der Waals surface area contributed by atoms with Gasteiger partial charge in [-0.2, -0.15) is 0 Å². The van der Waals surface area contributed by atoms with Crippen molar-refractivity contribution in [3.63, 3.8) is 0 Å². The van der Waals surface area contributed by atoms with Gasteiger partial charge in [-0.25, -0.2) is 29.1 Å². The first-order valence-electron chi connectivity index (χ1n) is 7.97. The molecule has 0 saturated heterocycles. The number of hydrogen-bond acceptors (Lipinski definition) is 6. The first kappa shape index (κ1) is 17.0. The summed E-state index contributed by atoms with van der Waals surface area (Å²) < 4.78 is 15.3. The molecule has 0 aliphatic carbocycles. The third kappa shape index (κ3) is 3.44. The van der Waals surface area contributed by atoms with E-state index in [-0.39, 0.29) is 11.8 Å². The normalized spacial score (nSPS) is 10.7. The number of carbonyl (C=O) groups excluding carboxylic acids is 1. The van der Waals surface area contributed by atoms with Crippen LogP contribution in [0.4, 0.5) is 14.3 Å². The van der Waals surface area contributed by atoms with E-state index in [9.17, 15) is 9.18 Å². The quantitative estimate of drug-likeness (QED) is 0.581. The number of rotatable bonds is 3. The second-order valence-electron chi connectivity index (χ2n) is 5.58. The largest absolute Gasteiger partial charge is 0.333 e. The summed E-state index contributed by atoms with van der Waals surface area (Å²) in [4.78, 5) is 29.7. The number of aryl methyl sites for hydroxylation is 1. The zero-order valence-corrected chi connectivity index (χ0v) is 14.9. The van der Waals surface area contributed by atoms with Crippen LogP contribution in [0.1, 0.15) is 5.69 Å². The van der Waals surface area contributed by atoms with Gasteiger partial charge in [-0.1, -0.05) is 23.5 Å². The van der Waals surface area contributed by atoms with Gasteiger partial charge in [0.25, 0.3) is 0 Å². The Balaban J connectivity index is 1.64. The smallest absolute Gasteiger partial charge is 0.283 e. The Hall–Kier alpha value is -3.46. The van der Waals surface area contributed by atoms with Crippen molar-refractivity contribution < 1.29 is 9.18 Å². The lowest BCUT2D eigenvalue weighted by Crippen LogP contribution is -2.17. The molecule has 0 spiro atoms. The summed E-state index contributed by atoms with van der Waals surface area (Å²) in [6.07, 6.45) is 6.04. The van der Waals surface area contributed by atoms with Crippen molar-refractivity contribution >= 4 is 22.5 Å². The number of carbonyl (C=O) groups is 1. The number of hydrogen-bond donors (Lipinski definition) is 1. The van der Waals surface area contributed by atoms with Gasteiger partial charge < -0.3 is 0 Å². The minimum absolute atomic E-state index is 0.294. The number of benzene rings is 1. The highest BCUT2D eigenvalue weighted by Crippen LogP contribution is 2.32. The molecule has 0 aliphatic rings. The van der Waals surface area contributed by atoms with E-state index in [1.807, 2.05) is 6.92 Å². The second kappa shape index (κ2) is 7.04. The number of anilines is 1.